The molecule has 1 saturated heterocycles. The van der Waals surface area contributed by atoms with Crippen molar-refractivity contribution in [1.29, 1.82) is 0 Å². The molecule has 5 heteroatoms. The maximum absolute atomic E-state index is 4.95. The molecule has 0 aliphatic carbocycles. The van der Waals surface area contributed by atoms with Crippen LogP contribution in [0.25, 0.3) is 22.4 Å². The Balaban J connectivity index is 1.57. The molecule has 5 nitrogen and oxygen atoms in total. The van der Waals surface area contributed by atoms with Crippen LogP contribution in [0.4, 0.5) is 5.82 Å². The predicted octanol–water partition coefficient (Wildman–Crippen LogP) is 4.47. The fourth-order valence-corrected chi connectivity index (χ4v) is 3.94. The molecule has 1 aliphatic rings. The molecule has 5 rings (SSSR count). The number of para-hydroxylation sites is 1. The number of rotatable bonds is 3. The molecule has 0 N–H and O–H groups in total. The molecule has 1 atom stereocenters. The lowest BCUT2D eigenvalue weighted by Gasteiger charge is -2.34. The second kappa shape index (κ2) is 7.35. The summed E-state index contributed by atoms with van der Waals surface area (Å²) in [6.07, 6.45) is 5.95. The molecule has 1 aliphatic heterocycles. The monoisotopic (exact) mass is 367 g/mol. The summed E-state index contributed by atoms with van der Waals surface area (Å²) in [7, 11) is 0. The molecule has 1 aromatic carbocycles. The first-order chi connectivity index (χ1) is 13.9. The van der Waals surface area contributed by atoms with Gasteiger partial charge in [0.2, 0.25) is 0 Å². The third-order valence-electron chi connectivity index (χ3n) is 5.30. The minimum absolute atomic E-state index is 0.418. The summed E-state index contributed by atoms with van der Waals surface area (Å²) in [5, 5.41) is 1.09. The van der Waals surface area contributed by atoms with Crippen molar-refractivity contribution in [1.82, 2.24) is 19.9 Å². The topological polar surface area (TPSA) is 54.8 Å². The Morgan fingerprint density at radius 1 is 0.821 bits per heavy atom. The highest BCUT2D eigenvalue weighted by molar-refractivity contribution is 5.91. The van der Waals surface area contributed by atoms with Crippen LogP contribution in [0.2, 0.25) is 0 Å². The van der Waals surface area contributed by atoms with Crippen molar-refractivity contribution in [3.8, 4) is 11.5 Å². The second-order valence-corrected chi connectivity index (χ2v) is 7.14. The molecule has 0 spiro atoms. The van der Waals surface area contributed by atoms with Crippen molar-refractivity contribution in [2.45, 2.75) is 18.8 Å². The largest absolute Gasteiger partial charge is 0.355 e. The van der Waals surface area contributed by atoms with E-state index in [1.165, 1.54) is 0 Å². The molecular weight excluding hydrogens is 346 g/mol. The maximum atomic E-state index is 4.95. The van der Waals surface area contributed by atoms with Gasteiger partial charge in [-0.15, -0.1) is 0 Å². The van der Waals surface area contributed by atoms with Crippen molar-refractivity contribution >= 4 is 16.7 Å². The van der Waals surface area contributed by atoms with Gasteiger partial charge in [0, 0.05) is 42.5 Å². The van der Waals surface area contributed by atoms with E-state index < -0.39 is 0 Å². The number of piperidine rings is 1. The van der Waals surface area contributed by atoms with Crippen LogP contribution in [0.3, 0.4) is 0 Å². The van der Waals surface area contributed by atoms with Crippen molar-refractivity contribution < 1.29 is 0 Å². The molecular formula is C23H21N5. The molecule has 4 heterocycles. The van der Waals surface area contributed by atoms with Gasteiger partial charge in [-0.3, -0.25) is 9.97 Å². The lowest BCUT2D eigenvalue weighted by molar-refractivity contribution is 0.499. The number of benzene rings is 1. The summed E-state index contributed by atoms with van der Waals surface area (Å²) in [6, 6.07) is 20.2. The number of fused-ring (bicyclic) bond motifs is 1. The van der Waals surface area contributed by atoms with E-state index in [1.54, 1.807) is 6.20 Å². The van der Waals surface area contributed by atoms with Crippen LogP contribution >= 0.6 is 0 Å². The maximum Gasteiger partial charge on any atom is 0.180 e. The summed E-state index contributed by atoms with van der Waals surface area (Å²) < 4.78 is 0. The van der Waals surface area contributed by atoms with Gasteiger partial charge in [-0.2, -0.15) is 0 Å². The minimum atomic E-state index is 0.418. The lowest BCUT2D eigenvalue weighted by Crippen LogP contribution is -2.35. The Morgan fingerprint density at radius 2 is 1.64 bits per heavy atom. The molecule has 4 aromatic rings. The number of pyridine rings is 2. The lowest BCUT2D eigenvalue weighted by atomic mass is 9.94. The van der Waals surface area contributed by atoms with Gasteiger partial charge in [-0.1, -0.05) is 24.3 Å². The van der Waals surface area contributed by atoms with Crippen LogP contribution < -0.4 is 4.90 Å². The van der Waals surface area contributed by atoms with Gasteiger partial charge in [-0.05, 0) is 49.2 Å². The van der Waals surface area contributed by atoms with Gasteiger partial charge in [0.1, 0.15) is 11.5 Å². The van der Waals surface area contributed by atoms with Gasteiger partial charge in [-0.25, -0.2) is 9.97 Å². The highest BCUT2D eigenvalue weighted by Gasteiger charge is 2.25. The van der Waals surface area contributed by atoms with E-state index in [4.69, 9.17) is 9.97 Å². The minimum Gasteiger partial charge on any atom is -0.355 e. The normalized spacial score (nSPS) is 17.0. The Morgan fingerprint density at radius 3 is 2.46 bits per heavy atom. The molecule has 3 aromatic heterocycles. The number of aromatic nitrogens is 4. The third kappa shape index (κ3) is 3.20. The fraction of sp³-hybridized carbons (Fsp3) is 0.217. The Kier molecular flexibility index (Phi) is 4.41. The van der Waals surface area contributed by atoms with Gasteiger partial charge in [0.05, 0.1) is 5.52 Å². The average molecular weight is 367 g/mol. The van der Waals surface area contributed by atoms with Crippen molar-refractivity contribution in [2.75, 3.05) is 18.0 Å². The van der Waals surface area contributed by atoms with Gasteiger partial charge in [0.25, 0.3) is 0 Å². The van der Waals surface area contributed by atoms with Crippen LogP contribution in [-0.4, -0.2) is 33.0 Å². The van der Waals surface area contributed by atoms with E-state index in [0.29, 0.717) is 11.7 Å². The average Bonchev–Trinajstić information content (AvgIpc) is 2.79. The zero-order chi connectivity index (χ0) is 18.8. The molecule has 0 amide bonds. The SMILES string of the molecule is c1ccc(-c2nc(N3CCCC(c4ccccn4)C3)c3ccccc3n2)nc1. The summed E-state index contributed by atoms with van der Waals surface area (Å²) in [6.45, 7) is 1.91. The van der Waals surface area contributed by atoms with Gasteiger partial charge >= 0.3 is 0 Å². The Labute approximate surface area is 164 Å². The molecule has 0 bridgehead atoms. The number of nitrogens with zero attached hydrogens (tertiary/aromatic N) is 5. The van der Waals surface area contributed by atoms with Crippen LogP contribution in [-0.2, 0) is 0 Å². The highest BCUT2D eigenvalue weighted by Crippen LogP contribution is 2.32. The first-order valence-electron chi connectivity index (χ1n) is 9.72. The van der Waals surface area contributed by atoms with E-state index in [2.05, 4.69) is 39.1 Å². The smallest absolute Gasteiger partial charge is 0.180 e. The molecule has 1 unspecified atom stereocenters. The zero-order valence-corrected chi connectivity index (χ0v) is 15.6. The Hall–Kier alpha value is -3.34. The van der Waals surface area contributed by atoms with E-state index in [9.17, 15) is 0 Å². The fourth-order valence-electron chi connectivity index (χ4n) is 3.94. The summed E-state index contributed by atoms with van der Waals surface area (Å²) in [5.41, 5.74) is 2.91. The summed E-state index contributed by atoms with van der Waals surface area (Å²) in [4.78, 5) is 21.1. The van der Waals surface area contributed by atoms with E-state index in [1.807, 2.05) is 42.6 Å². The van der Waals surface area contributed by atoms with Crippen molar-refractivity contribution in [2.24, 2.45) is 0 Å². The van der Waals surface area contributed by atoms with Crippen LogP contribution in [0.1, 0.15) is 24.5 Å². The summed E-state index contributed by atoms with van der Waals surface area (Å²) in [5.74, 6) is 2.09. The number of anilines is 1. The third-order valence-corrected chi connectivity index (χ3v) is 5.30. The van der Waals surface area contributed by atoms with Gasteiger partial charge in [0.15, 0.2) is 5.82 Å². The summed E-state index contributed by atoms with van der Waals surface area (Å²) >= 11 is 0. The number of hydrogen-bond acceptors (Lipinski definition) is 5. The van der Waals surface area contributed by atoms with Crippen molar-refractivity contribution in [3.05, 3.63) is 78.8 Å². The molecule has 0 radical (unpaired) electrons. The van der Waals surface area contributed by atoms with Crippen LogP contribution in [0, 0.1) is 0 Å². The zero-order valence-electron chi connectivity index (χ0n) is 15.6. The van der Waals surface area contributed by atoms with Crippen molar-refractivity contribution in [3.63, 3.8) is 0 Å². The Bertz CT molecular complexity index is 1080. The van der Waals surface area contributed by atoms with Gasteiger partial charge < -0.3 is 4.90 Å². The number of hydrogen-bond donors (Lipinski definition) is 0. The predicted molar refractivity (Wildman–Crippen MR) is 111 cm³/mol. The van der Waals surface area contributed by atoms with Crippen LogP contribution in [0.5, 0.6) is 0 Å². The highest BCUT2D eigenvalue weighted by atomic mass is 15.2. The second-order valence-electron chi connectivity index (χ2n) is 7.14. The van der Waals surface area contributed by atoms with E-state index in [0.717, 1.165) is 54.0 Å². The van der Waals surface area contributed by atoms with E-state index in [-0.39, 0.29) is 0 Å². The quantitative estimate of drug-likeness (QED) is 0.535. The van der Waals surface area contributed by atoms with Crippen LogP contribution in [0.15, 0.2) is 73.1 Å². The first-order valence-corrected chi connectivity index (χ1v) is 9.72. The van der Waals surface area contributed by atoms with E-state index >= 15 is 0 Å². The first kappa shape index (κ1) is 16.8. The molecule has 28 heavy (non-hydrogen) atoms. The molecule has 138 valence electrons. The standard InChI is InChI=1S/C23H21N5/c1-2-11-20-18(9-1)23(27-22(26-20)21-12-4-6-14-25-21)28-15-7-8-17(16-28)19-10-3-5-13-24-19/h1-6,9-14,17H,7-8,15-16H2. The molecule has 1 fully saturated rings. The molecule has 0 saturated carbocycles.